The first-order chi connectivity index (χ1) is 7.72. The van der Waals surface area contributed by atoms with Gasteiger partial charge in [0.05, 0.1) is 0 Å². The molecule has 1 aromatic heterocycles. The average Bonchev–Trinajstić information content (AvgIpc) is 2.69. The molecule has 84 valence electrons. The van der Waals surface area contributed by atoms with Crippen molar-refractivity contribution >= 4 is 16.8 Å². The van der Waals surface area contributed by atoms with Gasteiger partial charge in [-0.25, -0.2) is 0 Å². The third kappa shape index (κ3) is 1.91. The molecule has 2 aromatic rings. The van der Waals surface area contributed by atoms with Crippen LogP contribution in [0.3, 0.4) is 0 Å². The van der Waals surface area contributed by atoms with E-state index in [-0.39, 0.29) is 0 Å². The first-order valence-corrected chi connectivity index (χ1v) is 4.96. The fourth-order valence-corrected chi connectivity index (χ4v) is 1.73. The van der Waals surface area contributed by atoms with Gasteiger partial charge >= 0.3 is 0 Å². The van der Waals surface area contributed by atoms with Crippen molar-refractivity contribution in [1.82, 2.24) is 10.5 Å². The minimum absolute atomic E-state index is 0.357. The summed E-state index contributed by atoms with van der Waals surface area (Å²) in [7, 11) is 0. The molecule has 0 unspecified atom stereocenters. The van der Waals surface area contributed by atoms with Gasteiger partial charge in [0.1, 0.15) is 6.04 Å². The van der Waals surface area contributed by atoms with E-state index < -0.39 is 11.9 Å². The lowest BCUT2D eigenvalue weighted by molar-refractivity contribution is -0.122. The van der Waals surface area contributed by atoms with E-state index in [9.17, 15) is 4.79 Å². The van der Waals surface area contributed by atoms with Crippen molar-refractivity contribution in [2.45, 2.75) is 12.5 Å². The molecule has 0 spiro atoms. The normalized spacial score (nSPS) is 12.8. The molecule has 0 aliphatic heterocycles. The van der Waals surface area contributed by atoms with Gasteiger partial charge in [-0.1, -0.05) is 18.2 Å². The van der Waals surface area contributed by atoms with Crippen molar-refractivity contribution in [3.8, 4) is 0 Å². The number of hydrogen-bond acceptors (Lipinski definition) is 3. The summed E-state index contributed by atoms with van der Waals surface area (Å²) in [6, 6.07) is 6.99. The monoisotopic (exact) mass is 219 g/mol. The lowest BCUT2D eigenvalue weighted by Gasteiger charge is -2.09. The lowest BCUT2D eigenvalue weighted by Crippen LogP contribution is -2.41. The van der Waals surface area contributed by atoms with Crippen LogP contribution in [0.15, 0.2) is 30.5 Å². The number of hydroxylamine groups is 1. The maximum atomic E-state index is 11.0. The van der Waals surface area contributed by atoms with Gasteiger partial charge in [-0.2, -0.15) is 5.48 Å². The highest BCUT2D eigenvalue weighted by molar-refractivity contribution is 5.85. The average molecular weight is 219 g/mol. The summed E-state index contributed by atoms with van der Waals surface area (Å²) in [4.78, 5) is 14.1. The quantitative estimate of drug-likeness (QED) is 0.566. The number of para-hydroxylation sites is 1. The van der Waals surface area contributed by atoms with Gasteiger partial charge in [0.2, 0.25) is 5.91 Å². The third-order valence-electron chi connectivity index (χ3n) is 2.60. The molecule has 0 bridgehead atoms. The van der Waals surface area contributed by atoms with Crippen LogP contribution in [0, 0.1) is 0 Å². The molecule has 0 saturated heterocycles. The molecule has 5 N–H and O–H groups in total. The Labute approximate surface area is 92.2 Å². The summed E-state index contributed by atoms with van der Waals surface area (Å²) < 4.78 is 0. The molecule has 5 nitrogen and oxygen atoms in total. The summed E-state index contributed by atoms with van der Waals surface area (Å²) >= 11 is 0. The molecule has 1 amide bonds. The number of primary amides is 1. The molecule has 5 heteroatoms. The van der Waals surface area contributed by atoms with Gasteiger partial charge in [-0.15, -0.1) is 0 Å². The lowest BCUT2D eigenvalue weighted by atomic mass is 10.1. The second-order valence-corrected chi connectivity index (χ2v) is 3.65. The smallest absolute Gasteiger partial charge is 0.237 e. The van der Waals surface area contributed by atoms with Crippen molar-refractivity contribution in [1.29, 1.82) is 0 Å². The molecule has 1 heterocycles. The number of hydrogen-bond donors (Lipinski definition) is 4. The van der Waals surface area contributed by atoms with Crippen molar-refractivity contribution in [2.24, 2.45) is 5.73 Å². The number of aromatic amines is 1. The van der Waals surface area contributed by atoms with Gasteiger partial charge in [-0.3, -0.25) is 4.79 Å². The summed E-state index contributed by atoms with van der Waals surface area (Å²) in [5.41, 5.74) is 9.00. The molecule has 0 saturated carbocycles. The zero-order valence-electron chi connectivity index (χ0n) is 8.60. The van der Waals surface area contributed by atoms with Gasteiger partial charge in [0.15, 0.2) is 0 Å². The second-order valence-electron chi connectivity index (χ2n) is 3.65. The van der Waals surface area contributed by atoms with Gasteiger partial charge in [0.25, 0.3) is 0 Å². The SMILES string of the molecule is NC(=O)[C@H](Cc1c[nH]c2ccccc12)NO. The zero-order chi connectivity index (χ0) is 11.5. The number of aromatic nitrogens is 1. The minimum atomic E-state index is -0.765. The fourth-order valence-electron chi connectivity index (χ4n) is 1.73. The minimum Gasteiger partial charge on any atom is -0.368 e. The van der Waals surface area contributed by atoms with E-state index in [1.54, 1.807) is 0 Å². The highest BCUT2D eigenvalue weighted by atomic mass is 16.5. The summed E-state index contributed by atoms with van der Waals surface area (Å²) in [6.07, 6.45) is 2.17. The van der Waals surface area contributed by atoms with Crippen LogP contribution in [-0.2, 0) is 11.2 Å². The molecule has 0 aliphatic carbocycles. The van der Waals surface area contributed by atoms with Crippen LogP contribution in [-0.4, -0.2) is 22.1 Å². The van der Waals surface area contributed by atoms with E-state index in [1.165, 1.54) is 0 Å². The van der Waals surface area contributed by atoms with E-state index >= 15 is 0 Å². The van der Waals surface area contributed by atoms with E-state index in [1.807, 2.05) is 35.9 Å². The number of fused-ring (bicyclic) bond motifs is 1. The van der Waals surface area contributed by atoms with E-state index in [0.29, 0.717) is 6.42 Å². The Kier molecular flexibility index (Phi) is 2.89. The van der Waals surface area contributed by atoms with E-state index in [4.69, 9.17) is 10.9 Å². The molecule has 2 rings (SSSR count). The standard InChI is InChI=1S/C11H13N3O2/c12-11(15)10(14-16)5-7-6-13-9-4-2-1-3-8(7)9/h1-4,6,10,13-14,16H,5H2,(H2,12,15)/t10-/m0/s1. The first-order valence-electron chi connectivity index (χ1n) is 4.96. The third-order valence-corrected chi connectivity index (χ3v) is 2.60. The fraction of sp³-hybridized carbons (Fsp3) is 0.182. The molecule has 0 aliphatic rings. The van der Waals surface area contributed by atoms with Gasteiger partial charge in [-0.05, 0) is 11.6 Å². The van der Waals surface area contributed by atoms with Crippen molar-refractivity contribution < 1.29 is 10.0 Å². The van der Waals surface area contributed by atoms with Gasteiger partial charge in [0, 0.05) is 23.5 Å². The number of benzene rings is 1. The number of amides is 1. The van der Waals surface area contributed by atoms with Crippen LogP contribution in [0.25, 0.3) is 10.9 Å². The van der Waals surface area contributed by atoms with Crippen LogP contribution in [0.4, 0.5) is 0 Å². The first kappa shape index (κ1) is 10.7. The van der Waals surface area contributed by atoms with E-state index in [0.717, 1.165) is 16.5 Å². The largest absolute Gasteiger partial charge is 0.368 e. The van der Waals surface area contributed by atoms with Crippen LogP contribution >= 0.6 is 0 Å². The van der Waals surface area contributed by atoms with E-state index in [2.05, 4.69) is 4.98 Å². The highest BCUT2D eigenvalue weighted by Crippen LogP contribution is 2.18. The van der Waals surface area contributed by atoms with Crippen LogP contribution < -0.4 is 11.2 Å². The number of rotatable bonds is 4. The number of nitrogens with two attached hydrogens (primary N) is 1. The molecule has 0 radical (unpaired) electrons. The molecule has 0 fully saturated rings. The van der Waals surface area contributed by atoms with Crippen LogP contribution in [0.5, 0.6) is 0 Å². The highest BCUT2D eigenvalue weighted by Gasteiger charge is 2.16. The topological polar surface area (TPSA) is 91.1 Å². The van der Waals surface area contributed by atoms with Crippen LogP contribution in [0.2, 0.25) is 0 Å². The summed E-state index contributed by atoms with van der Waals surface area (Å²) in [5, 5.41) is 9.84. The Bertz CT molecular complexity index is 507. The molecule has 16 heavy (non-hydrogen) atoms. The number of carbonyl (C=O) groups is 1. The molecule has 1 atom stereocenters. The Morgan fingerprint density at radius 1 is 1.50 bits per heavy atom. The summed E-state index contributed by atoms with van der Waals surface area (Å²) in [5.74, 6) is -0.576. The van der Waals surface area contributed by atoms with Gasteiger partial charge < -0.3 is 15.9 Å². The Morgan fingerprint density at radius 3 is 2.94 bits per heavy atom. The summed E-state index contributed by atoms with van der Waals surface area (Å²) in [6.45, 7) is 0. The van der Waals surface area contributed by atoms with Crippen molar-refractivity contribution in [2.75, 3.05) is 0 Å². The number of nitrogens with one attached hydrogen (secondary N) is 2. The number of H-pyrrole nitrogens is 1. The second kappa shape index (κ2) is 4.34. The predicted octanol–water partition coefficient (Wildman–Crippen LogP) is 0.543. The van der Waals surface area contributed by atoms with Crippen LogP contribution in [0.1, 0.15) is 5.56 Å². The molecular weight excluding hydrogens is 206 g/mol. The number of carbonyl (C=O) groups excluding carboxylic acids is 1. The predicted molar refractivity (Wildman–Crippen MR) is 59.9 cm³/mol. The Morgan fingerprint density at radius 2 is 2.25 bits per heavy atom. The zero-order valence-corrected chi connectivity index (χ0v) is 8.60. The maximum absolute atomic E-state index is 11.0. The van der Waals surface area contributed by atoms with Crippen molar-refractivity contribution in [3.63, 3.8) is 0 Å². The Balaban J connectivity index is 2.30. The molecule has 1 aromatic carbocycles. The molecular formula is C11H13N3O2. The Hall–Kier alpha value is -1.85. The van der Waals surface area contributed by atoms with Crippen molar-refractivity contribution in [3.05, 3.63) is 36.0 Å². The maximum Gasteiger partial charge on any atom is 0.237 e.